The van der Waals surface area contributed by atoms with Crippen LogP contribution in [0.1, 0.15) is 46.0 Å². The minimum Gasteiger partial charge on any atom is -0.393 e. The summed E-state index contributed by atoms with van der Waals surface area (Å²) in [5.74, 6) is 0.735. The molecule has 0 spiro atoms. The molecular formula is C11H23NO. The standard InChI is InChI=1S/C11H23NO/c1-3-10(13)11(8-12)6-4-5-9(2)7-11/h9-10,13H,3-8,12H2,1-2H3. The van der Waals surface area contributed by atoms with Crippen LogP contribution in [-0.2, 0) is 0 Å². The van der Waals surface area contributed by atoms with Gasteiger partial charge in [0.15, 0.2) is 0 Å². The Hall–Kier alpha value is -0.0800. The van der Waals surface area contributed by atoms with E-state index in [4.69, 9.17) is 5.73 Å². The molecule has 2 nitrogen and oxygen atoms in total. The van der Waals surface area contributed by atoms with Gasteiger partial charge < -0.3 is 10.8 Å². The lowest BCUT2D eigenvalue weighted by atomic mass is 9.66. The molecule has 3 unspecified atom stereocenters. The van der Waals surface area contributed by atoms with Crippen molar-refractivity contribution in [3.05, 3.63) is 0 Å². The summed E-state index contributed by atoms with van der Waals surface area (Å²) in [5.41, 5.74) is 5.85. The molecule has 1 saturated carbocycles. The maximum atomic E-state index is 9.97. The normalized spacial score (nSPS) is 37.4. The van der Waals surface area contributed by atoms with Crippen LogP contribution in [0.2, 0.25) is 0 Å². The number of nitrogens with two attached hydrogens (primary N) is 1. The highest BCUT2D eigenvalue weighted by Gasteiger charge is 2.38. The molecule has 3 atom stereocenters. The fraction of sp³-hybridized carbons (Fsp3) is 1.00. The lowest BCUT2D eigenvalue weighted by molar-refractivity contribution is -0.0130. The Bertz CT molecular complexity index is 160. The highest BCUT2D eigenvalue weighted by Crippen LogP contribution is 2.41. The Morgan fingerprint density at radius 1 is 1.62 bits per heavy atom. The van der Waals surface area contributed by atoms with Crippen molar-refractivity contribution in [2.45, 2.75) is 52.1 Å². The Morgan fingerprint density at radius 2 is 2.31 bits per heavy atom. The van der Waals surface area contributed by atoms with E-state index in [0.29, 0.717) is 6.54 Å². The van der Waals surface area contributed by atoms with Crippen LogP contribution in [-0.4, -0.2) is 17.8 Å². The summed E-state index contributed by atoms with van der Waals surface area (Å²) in [5, 5.41) is 9.97. The van der Waals surface area contributed by atoms with E-state index < -0.39 is 0 Å². The maximum Gasteiger partial charge on any atom is 0.0606 e. The van der Waals surface area contributed by atoms with Gasteiger partial charge >= 0.3 is 0 Å². The van der Waals surface area contributed by atoms with Gasteiger partial charge in [0, 0.05) is 12.0 Å². The van der Waals surface area contributed by atoms with E-state index in [0.717, 1.165) is 25.2 Å². The highest BCUT2D eigenvalue weighted by molar-refractivity contribution is 4.91. The second-order valence-electron chi connectivity index (χ2n) is 4.69. The van der Waals surface area contributed by atoms with Crippen molar-refractivity contribution >= 4 is 0 Å². The minimum absolute atomic E-state index is 0.0341. The molecule has 0 bridgehead atoms. The zero-order chi connectivity index (χ0) is 9.90. The van der Waals surface area contributed by atoms with Crippen LogP contribution in [0, 0.1) is 11.3 Å². The lowest BCUT2D eigenvalue weighted by Gasteiger charge is -2.42. The Balaban J connectivity index is 2.67. The first-order valence-corrected chi connectivity index (χ1v) is 5.52. The molecule has 1 aliphatic rings. The van der Waals surface area contributed by atoms with Gasteiger partial charge in [-0.25, -0.2) is 0 Å². The molecule has 0 aromatic rings. The zero-order valence-corrected chi connectivity index (χ0v) is 8.92. The highest BCUT2D eigenvalue weighted by atomic mass is 16.3. The fourth-order valence-electron chi connectivity index (χ4n) is 2.76. The van der Waals surface area contributed by atoms with E-state index in [1.807, 2.05) is 6.92 Å². The Labute approximate surface area is 81.5 Å². The van der Waals surface area contributed by atoms with Crippen molar-refractivity contribution < 1.29 is 5.11 Å². The molecule has 3 N–H and O–H groups in total. The van der Waals surface area contributed by atoms with Crippen LogP contribution in [0.4, 0.5) is 0 Å². The molecule has 2 heteroatoms. The average molecular weight is 185 g/mol. The molecule has 13 heavy (non-hydrogen) atoms. The Kier molecular flexibility index (Phi) is 3.74. The summed E-state index contributed by atoms with van der Waals surface area (Å²) in [7, 11) is 0. The molecule has 0 radical (unpaired) electrons. The number of hydrogen-bond acceptors (Lipinski definition) is 2. The first-order valence-electron chi connectivity index (χ1n) is 5.52. The number of aliphatic hydroxyl groups is 1. The number of aliphatic hydroxyl groups excluding tert-OH is 1. The third-order valence-corrected chi connectivity index (χ3v) is 3.63. The van der Waals surface area contributed by atoms with Crippen molar-refractivity contribution in [2.24, 2.45) is 17.1 Å². The second kappa shape index (κ2) is 4.43. The van der Waals surface area contributed by atoms with Crippen LogP contribution in [0.15, 0.2) is 0 Å². The van der Waals surface area contributed by atoms with E-state index in [9.17, 15) is 5.11 Å². The fourth-order valence-corrected chi connectivity index (χ4v) is 2.76. The summed E-state index contributed by atoms with van der Waals surface area (Å²) < 4.78 is 0. The minimum atomic E-state index is -0.194. The van der Waals surface area contributed by atoms with E-state index in [2.05, 4.69) is 6.92 Å². The monoisotopic (exact) mass is 185 g/mol. The predicted molar refractivity (Wildman–Crippen MR) is 55.4 cm³/mol. The van der Waals surface area contributed by atoms with Crippen molar-refractivity contribution in [1.82, 2.24) is 0 Å². The van der Waals surface area contributed by atoms with Crippen molar-refractivity contribution in [3.8, 4) is 0 Å². The molecular weight excluding hydrogens is 162 g/mol. The predicted octanol–water partition coefficient (Wildman–Crippen LogP) is 1.91. The number of hydrogen-bond donors (Lipinski definition) is 2. The molecule has 0 saturated heterocycles. The maximum absolute atomic E-state index is 9.97. The summed E-state index contributed by atoms with van der Waals surface area (Å²) in [4.78, 5) is 0. The topological polar surface area (TPSA) is 46.2 Å². The van der Waals surface area contributed by atoms with E-state index >= 15 is 0 Å². The van der Waals surface area contributed by atoms with Crippen molar-refractivity contribution in [2.75, 3.05) is 6.54 Å². The molecule has 0 aromatic heterocycles. The zero-order valence-electron chi connectivity index (χ0n) is 8.92. The van der Waals surface area contributed by atoms with Crippen molar-refractivity contribution in [3.63, 3.8) is 0 Å². The van der Waals surface area contributed by atoms with Gasteiger partial charge in [0.1, 0.15) is 0 Å². The SMILES string of the molecule is CCC(O)C1(CN)CCCC(C)C1. The summed E-state index contributed by atoms with van der Waals surface area (Å²) in [6.07, 6.45) is 5.40. The third kappa shape index (κ3) is 2.23. The quantitative estimate of drug-likeness (QED) is 0.705. The van der Waals surface area contributed by atoms with Gasteiger partial charge in [-0.3, -0.25) is 0 Å². The van der Waals surface area contributed by atoms with E-state index in [-0.39, 0.29) is 11.5 Å². The van der Waals surface area contributed by atoms with Gasteiger partial charge in [-0.2, -0.15) is 0 Å². The first-order chi connectivity index (χ1) is 6.14. The van der Waals surface area contributed by atoms with Crippen LogP contribution in [0.3, 0.4) is 0 Å². The van der Waals surface area contributed by atoms with Gasteiger partial charge in [-0.15, -0.1) is 0 Å². The Morgan fingerprint density at radius 3 is 2.77 bits per heavy atom. The molecule has 0 amide bonds. The van der Waals surface area contributed by atoms with Crippen LogP contribution < -0.4 is 5.73 Å². The molecule has 0 aliphatic heterocycles. The largest absolute Gasteiger partial charge is 0.393 e. The van der Waals surface area contributed by atoms with Crippen LogP contribution >= 0.6 is 0 Å². The third-order valence-electron chi connectivity index (χ3n) is 3.63. The van der Waals surface area contributed by atoms with Gasteiger partial charge in [0.25, 0.3) is 0 Å². The van der Waals surface area contributed by atoms with Crippen LogP contribution in [0.25, 0.3) is 0 Å². The molecule has 1 fully saturated rings. The van der Waals surface area contributed by atoms with Gasteiger partial charge in [0.2, 0.25) is 0 Å². The van der Waals surface area contributed by atoms with E-state index in [1.165, 1.54) is 12.8 Å². The summed E-state index contributed by atoms with van der Waals surface area (Å²) in [6.45, 7) is 4.96. The molecule has 0 aromatic carbocycles. The van der Waals surface area contributed by atoms with Gasteiger partial charge in [0.05, 0.1) is 6.10 Å². The molecule has 78 valence electrons. The lowest BCUT2D eigenvalue weighted by Crippen LogP contribution is -2.44. The van der Waals surface area contributed by atoms with Gasteiger partial charge in [-0.1, -0.05) is 26.7 Å². The van der Waals surface area contributed by atoms with Crippen LogP contribution in [0.5, 0.6) is 0 Å². The number of rotatable bonds is 3. The molecule has 1 aliphatic carbocycles. The summed E-state index contributed by atoms with van der Waals surface area (Å²) in [6, 6.07) is 0. The van der Waals surface area contributed by atoms with E-state index in [1.54, 1.807) is 0 Å². The average Bonchev–Trinajstić information content (AvgIpc) is 2.16. The second-order valence-corrected chi connectivity index (χ2v) is 4.69. The van der Waals surface area contributed by atoms with Crippen molar-refractivity contribution in [1.29, 1.82) is 0 Å². The smallest absolute Gasteiger partial charge is 0.0606 e. The van der Waals surface area contributed by atoms with Gasteiger partial charge in [-0.05, 0) is 25.2 Å². The molecule has 1 rings (SSSR count). The summed E-state index contributed by atoms with van der Waals surface area (Å²) >= 11 is 0. The first kappa shape index (κ1) is 11.0. The molecule has 0 heterocycles.